The van der Waals surface area contributed by atoms with Crippen molar-refractivity contribution in [2.24, 2.45) is 5.73 Å². The molecule has 0 radical (unpaired) electrons. The zero-order chi connectivity index (χ0) is 10.8. The third-order valence-corrected chi connectivity index (χ3v) is 1.72. The van der Waals surface area contributed by atoms with Gasteiger partial charge < -0.3 is 5.73 Å². The maximum atomic E-state index is 13.5. The average molecular weight is 200 g/mol. The number of pyridine rings is 1. The minimum atomic E-state index is -2.96. The molecular weight excluding hydrogens is 186 g/mol. The van der Waals surface area contributed by atoms with Crippen molar-refractivity contribution >= 4 is 0 Å². The molecular formula is C10H14F2N2. The van der Waals surface area contributed by atoms with Crippen LogP contribution in [-0.4, -0.2) is 10.5 Å². The first kappa shape index (κ1) is 11.0. The largest absolute Gasteiger partial charge is 0.325 e. The maximum absolute atomic E-state index is 13.5. The first-order chi connectivity index (χ1) is 6.31. The van der Waals surface area contributed by atoms with Gasteiger partial charge in [-0.3, -0.25) is 4.98 Å². The summed E-state index contributed by atoms with van der Waals surface area (Å²) in [4.78, 5) is 3.63. The van der Waals surface area contributed by atoms with Crippen LogP contribution < -0.4 is 5.73 Å². The topological polar surface area (TPSA) is 38.9 Å². The highest BCUT2D eigenvalue weighted by molar-refractivity contribution is 5.10. The summed E-state index contributed by atoms with van der Waals surface area (Å²) in [5, 5.41) is 0. The summed E-state index contributed by atoms with van der Waals surface area (Å²) in [7, 11) is 0. The van der Waals surface area contributed by atoms with Crippen molar-refractivity contribution in [2.75, 3.05) is 0 Å². The van der Waals surface area contributed by atoms with Gasteiger partial charge in [-0.15, -0.1) is 0 Å². The molecule has 1 aromatic heterocycles. The molecule has 2 N–H and O–H groups in total. The molecule has 0 atom stereocenters. The van der Waals surface area contributed by atoms with E-state index in [1.165, 1.54) is 12.3 Å². The molecule has 0 aliphatic rings. The second-order valence-corrected chi connectivity index (χ2v) is 4.08. The molecule has 0 fully saturated rings. The first-order valence-electron chi connectivity index (χ1n) is 4.39. The van der Waals surface area contributed by atoms with Gasteiger partial charge in [-0.05, 0) is 26.0 Å². The monoisotopic (exact) mass is 200 g/mol. The Bertz CT molecular complexity index is 291. The van der Waals surface area contributed by atoms with E-state index in [9.17, 15) is 8.78 Å². The number of alkyl halides is 2. The fraction of sp³-hybridized carbons (Fsp3) is 0.500. The molecule has 0 bridgehead atoms. The van der Waals surface area contributed by atoms with E-state index in [1.54, 1.807) is 26.0 Å². The minimum Gasteiger partial charge on any atom is -0.325 e. The molecule has 0 saturated carbocycles. The number of nitrogens with zero attached hydrogens (tertiary/aromatic N) is 1. The predicted octanol–water partition coefficient (Wildman–Crippen LogP) is 2.30. The molecule has 14 heavy (non-hydrogen) atoms. The van der Waals surface area contributed by atoms with E-state index in [4.69, 9.17) is 5.73 Å². The zero-order valence-electron chi connectivity index (χ0n) is 8.30. The number of hydrogen-bond donors (Lipinski definition) is 1. The molecule has 0 aliphatic carbocycles. The van der Waals surface area contributed by atoms with Crippen molar-refractivity contribution in [2.45, 2.75) is 31.7 Å². The number of hydrogen-bond acceptors (Lipinski definition) is 2. The molecule has 1 rings (SSSR count). The molecule has 0 aliphatic heterocycles. The Morgan fingerprint density at radius 3 is 2.43 bits per heavy atom. The molecule has 0 aromatic carbocycles. The van der Waals surface area contributed by atoms with Gasteiger partial charge in [-0.1, -0.05) is 6.07 Å². The van der Waals surface area contributed by atoms with E-state index in [2.05, 4.69) is 4.98 Å². The zero-order valence-corrected chi connectivity index (χ0v) is 8.30. The van der Waals surface area contributed by atoms with Crippen LogP contribution in [0.3, 0.4) is 0 Å². The fourth-order valence-corrected chi connectivity index (χ4v) is 1.24. The fourth-order valence-electron chi connectivity index (χ4n) is 1.24. The van der Waals surface area contributed by atoms with Gasteiger partial charge in [0.1, 0.15) is 5.69 Å². The van der Waals surface area contributed by atoms with Gasteiger partial charge in [0.2, 0.25) is 0 Å². The Hall–Kier alpha value is -1.03. The molecule has 2 nitrogen and oxygen atoms in total. The van der Waals surface area contributed by atoms with Crippen LogP contribution in [0.4, 0.5) is 8.78 Å². The lowest BCUT2D eigenvalue weighted by atomic mass is 9.95. The number of aromatic nitrogens is 1. The summed E-state index contributed by atoms with van der Waals surface area (Å²) >= 11 is 0. The Balaban J connectivity index is 2.86. The van der Waals surface area contributed by atoms with Crippen LogP contribution >= 0.6 is 0 Å². The van der Waals surface area contributed by atoms with E-state index in [-0.39, 0.29) is 5.69 Å². The second-order valence-electron chi connectivity index (χ2n) is 4.08. The first-order valence-corrected chi connectivity index (χ1v) is 4.39. The van der Waals surface area contributed by atoms with Crippen LogP contribution in [0, 0.1) is 0 Å². The van der Waals surface area contributed by atoms with Gasteiger partial charge in [0.25, 0.3) is 5.92 Å². The lowest BCUT2D eigenvalue weighted by molar-refractivity contribution is -0.0337. The van der Waals surface area contributed by atoms with E-state index < -0.39 is 17.9 Å². The van der Waals surface area contributed by atoms with Crippen molar-refractivity contribution in [3.63, 3.8) is 0 Å². The quantitative estimate of drug-likeness (QED) is 0.813. The van der Waals surface area contributed by atoms with Crippen molar-refractivity contribution in [1.82, 2.24) is 4.98 Å². The van der Waals surface area contributed by atoms with E-state index in [0.717, 1.165) is 0 Å². The second kappa shape index (κ2) is 3.61. The Morgan fingerprint density at radius 1 is 1.36 bits per heavy atom. The number of rotatable bonds is 3. The number of nitrogens with two attached hydrogens (primary N) is 1. The summed E-state index contributed by atoms with van der Waals surface area (Å²) in [6.45, 7) is 3.15. The van der Waals surface area contributed by atoms with Crippen molar-refractivity contribution in [1.29, 1.82) is 0 Å². The van der Waals surface area contributed by atoms with E-state index in [1.807, 2.05) is 0 Å². The summed E-state index contributed by atoms with van der Waals surface area (Å²) in [6, 6.07) is 4.46. The molecule has 1 aromatic rings. The van der Waals surface area contributed by atoms with Gasteiger partial charge >= 0.3 is 0 Å². The van der Waals surface area contributed by atoms with Crippen LogP contribution in [0.1, 0.15) is 26.0 Å². The SMILES string of the molecule is CC(C)(N)CC(F)(F)c1ccccn1. The lowest BCUT2D eigenvalue weighted by Gasteiger charge is -2.25. The third kappa shape index (κ3) is 3.03. The molecule has 1 heterocycles. The van der Waals surface area contributed by atoms with Crippen LogP contribution in [0.25, 0.3) is 0 Å². The molecule has 0 saturated heterocycles. The molecule has 0 spiro atoms. The summed E-state index contributed by atoms with van der Waals surface area (Å²) < 4.78 is 27.0. The lowest BCUT2D eigenvalue weighted by Crippen LogP contribution is -2.38. The Kier molecular flexibility index (Phi) is 2.85. The minimum absolute atomic E-state index is 0.224. The molecule has 4 heteroatoms. The van der Waals surface area contributed by atoms with Crippen LogP contribution in [0.5, 0.6) is 0 Å². The molecule has 78 valence electrons. The van der Waals surface area contributed by atoms with Crippen LogP contribution in [0.2, 0.25) is 0 Å². The van der Waals surface area contributed by atoms with Gasteiger partial charge in [-0.25, -0.2) is 0 Å². The van der Waals surface area contributed by atoms with Crippen molar-refractivity contribution in [3.05, 3.63) is 30.1 Å². The average Bonchev–Trinajstić information content (AvgIpc) is 2.01. The third-order valence-electron chi connectivity index (χ3n) is 1.72. The highest BCUT2D eigenvalue weighted by atomic mass is 19.3. The smallest absolute Gasteiger partial charge is 0.291 e. The number of halogens is 2. The normalized spacial score (nSPS) is 12.9. The molecule has 0 unspecified atom stereocenters. The predicted molar refractivity (Wildman–Crippen MR) is 51.0 cm³/mol. The standard InChI is InChI=1S/C10H14F2N2/c1-9(2,13)7-10(11,12)8-5-3-4-6-14-8/h3-6H,7,13H2,1-2H3. The van der Waals surface area contributed by atoms with Gasteiger partial charge in [0, 0.05) is 18.2 Å². The Morgan fingerprint density at radius 2 is 2.00 bits per heavy atom. The van der Waals surface area contributed by atoms with Gasteiger partial charge in [0.15, 0.2) is 0 Å². The highest BCUT2D eigenvalue weighted by Gasteiger charge is 2.37. The molecule has 0 amide bonds. The van der Waals surface area contributed by atoms with Crippen molar-refractivity contribution in [3.8, 4) is 0 Å². The van der Waals surface area contributed by atoms with Gasteiger partial charge in [0.05, 0.1) is 0 Å². The summed E-state index contributed by atoms with van der Waals surface area (Å²) in [5.74, 6) is -2.96. The van der Waals surface area contributed by atoms with Gasteiger partial charge in [-0.2, -0.15) is 8.78 Å². The van der Waals surface area contributed by atoms with Crippen LogP contribution in [-0.2, 0) is 5.92 Å². The highest BCUT2D eigenvalue weighted by Crippen LogP contribution is 2.33. The van der Waals surface area contributed by atoms with E-state index in [0.29, 0.717) is 0 Å². The summed E-state index contributed by atoms with van der Waals surface area (Å²) in [5.41, 5.74) is 4.43. The summed E-state index contributed by atoms with van der Waals surface area (Å²) in [6.07, 6.45) is 0.948. The van der Waals surface area contributed by atoms with Crippen LogP contribution in [0.15, 0.2) is 24.4 Å². The Labute approximate surface area is 82.1 Å². The van der Waals surface area contributed by atoms with Crippen molar-refractivity contribution < 1.29 is 8.78 Å². The maximum Gasteiger partial charge on any atom is 0.291 e. The van der Waals surface area contributed by atoms with E-state index >= 15 is 0 Å².